The molecular weight excluding hydrogens is 273 g/mol. The molecule has 2 nitrogen and oxygen atoms in total. The summed E-state index contributed by atoms with van der Waals surface area (Å²) in [5.74, 6) is -10.7. The highest BCUT2D eigenvalue weighted by Gasteiger charge is 2.41. The zero-order valence-corrected chi connectivity index (χ0v) is 8.25. The monoisotopic (exact) mass is 276 g/mol. The molecule has 1 aromatic rings. The van der Waals surface area contributed by atoms with Crippen LogP contribution in [0.15, 0.2) is 6.07 Å². The van der Waals surface area contributed by atoms with Gasteiger partial charge in [-0.2, -0.15) is 13.2 Å². The Morgan fingerprint density at radius 1 is 1.06 bits per heavy atom. The number of carbonyl (C=O) groups excluding carboxylic acids is 1. The fraction of sp³-hybridized carbons (Fsp3) is 0.222. The van der Waals surface area contributed by atoms with Crippen LogP contribution in [0.1, 0.15) is 5.56 Å². The molecule has 1 rings (SSSR count). The van der Waals surface area contributed by atoms with E-state index in [9.17, 15) is 35.5 Å². The summed E-state index contributed by atoms with van der Waals surface area (Å²) in [5.41, 5.74) is -1.05. The molecule has 18 heavy (non-hydrogen) atoms. The SMILES string of the molecule is O=C(OCc1cc(F)c(F)c(F)c1F)C(F)(F)F. The Balaban J connectivity index is 2.90. The number of esters is 1. The number of carbonyl (C=O) groups is 1. The molecule has 0 radical (unpaired) electrons. The average molecular weight is 276 g/mol. The number of rotatable bonds is 2. The molecule has 0 aromatic heterocycles. The van der Waals surface area contributed by atoms with Gasteiger partial charge in [0.15, 0.2) is 23.3 Å². The first kappa shape index (κ1) is 14.3. The van der Waals surface area contributed by atoms with Crippen molar-refractivity contribution in [1.29, 1.82) is 0 Å². The number of benzene rings is 1. The van der Waals surface area contributed by atoms with E-state index >= 15 is 0 Å². The van der Waals surface area contributed by atoms with Crippen LogP contribution in [0, 0.1) is 23.3 Å². The summed E-state index contributed by atoms with van der Waals surface area (Å²) in [6.45, 7) is -1.38. The molecule has 0 spiro atoms. The van der Waals surface area contributed by atoms with Gasteiger partial charge in [0.05, 0.1) is 0 Å². The van der Waals surface area contributed by atoms with E-state index in [0.29, 0.717) is 0 Å². The second-order valence-electron chi connectivity index (χ2n) is 3.03. The number of alkyl halides is 3. The highest BCUT2D eigenvalue weighted by molar-refractivity contribution is 5.75. The van der Waals surface area contributed by atoms with E-state index in [0.717, 1.165) is 0 Å². The number of halogens is 7. The number of hydrogen-bond donors (Lipinski definition) is 0. The molecule has 0 aliphatic heterocycles. The van der Waals surface area contributed by atoms with E-state index in [2.05, 4.69) is 4.74 Å². The van der Waals surface area contributed by atoms with E-state index in [4.69, 9.17) is 0 Å². The van der Waals surface area contributed by atoms with Gasteiger partial charge in [-0.05, 0) is 6.07 Å². The van der Waals surface area contributed by atoms with Crippen LogP contribution in [0.5, 0.6) is 0 Å². The number of hydrogen-bond acceptors (Lipinski definition) is 2. The highest BCUT2D eigenvalue weighted by atomic mass is 19.4. The van der Waals surface area contributed by atoms with E-state index in [1.807, 2.05) is 0 Å². The molecule has 1 aromatic carbocycles. The highest BCUT2D eigenvalue weighted by Crippen LogP contribution is 2.21. The van der Waals surface area contributed by atoms with Gasteiger partial charge in [-0.25, -0.2) is 22.4 Å². The van der Waals surface area contributed by atoms with Crippen molar-refractivity contribution in [2.45, 2.75) is 12.8 Å². The van der Waals surface area contributed by atoms with Crippen LogP contribution in [-0.4, -0.2) is 12.1 Å². The number of ether oxygens (including phenoxy) is 1. The Bertz CT molecular complexity index is 481. The van der Waals surface area contributed by atoms with Crippen molar-refractivity contribution in [2.75, 3.05) is 0 Å². The van der Waals surface area contributed by atoms with Crippen LogP contribution in [0.4, 0.5) is 30.7 Å². The molecule has 0 aliphatic carbocycles. The minimum Gasteiger partial charge on any atom is -0.454 e. The molecule has 0 unspecified atom stereocenters. The maximum atomic E-state index is 12.9. The summed E-state index contributed by atoms with van der Waals surface area (Å²) in [6, 6.07) is 0.0946. The topological polar surface area (TPSA) is 26.3 Å². The lowest BCUT2D eigenvalue weighted by atomic mass is 10.2. The first-order valence-electron chi connectivity index (χ1n) is 4.20. The standard InChI is InChI=1S/C9H3F7O2/c10-4-1-3(5(11)7(13)6(4)12)2-18-8(17)9(14,15)16/h1H,2H2. The Morgan fingerprint density at radius 2 is 1.61 bits per heavy atom. The third-order valence-corrected chi connectivity index (χ3v) is 1.77. The predicted molar refractivity (Wildman–Crippen MR) is 42.1 cm³/mol. The molecule has 0 bridgehead atoms. The lowest BCUT2D eigenvalue weighted by Gasteiger charge is -2.08. The van der Waals surface area contributed by atoms with Gasteiger partial charge in [-0.15, -0.1) is 0 Å². The smallest absolute Gasteiger partial charge is 0.454 e. The van der Waals surface area contributed by atoms with Crippen molar-refractivity contribution in [3.63, 3.8) is 0 Å². The summed E-state index contributed by atoms with van der Waals surface area (Å²) in [6.07, 6.45) is -5.33. The first-order chi connectivity index (χ1) is 8.14. The van der Waals surface area contributed by atoms with Gasteiger partial charge in [0, 0.05) is 5.56 Å². The zero-order valence-electron chi connectivity index (χ0n) is 8.25. The van der Waals surface area contributed by atoms with Gasteiger partial charge in [-0.1, -0.05) is 0 Å². The molecule has 100 valence electrons. The Labute approximate surface area is 95.0 Å². The van der Waals surface area contributed by atoms with Crippen molar-refractivity contribution in [1.82, 2.24) is 0 Å². The van der Waals surface area contributed by atoms with Crippen molar-refractivity contribution in [3.05, 3.63) is 34.9 Å². The molecule has 0 aliphatic rings. The van der Waals surface area contributed by atoms with Crippen LogP contribution >= 0.6 is 0 Å². The molecule has 0 heterocycles. The van der Waals surface area contributed by atoms with Crippen LogP contribution in [0.25, 0.3) is 0 Å². The van der Waals surface area contributed by atoms with Crippen LogP contribution < -0.4 is 0 Å². The van der Waals surface area contributed by atoms with Crippen molar-refractivity contribution < 1.29 is 40.3 Å². The van der Waals surface area contributed by atoms with Crippen molar-refractivity contribution >= 4 is 5.97 Å². The molecule has 0 N–H and O–H groups in total. The second kappa shape index (κ2) is 4.83. The van der Waals surface area contributed by atoms with Gasteiger partial charge in [0.25, 0.3) is 0 Å². The van der Waals surface area contributed by atoms with E-state index in [-0.39, 0.29) is 6.07 Å². The molecule has 9 heteroatoms. The third-order valence-electron chi connectivity index (χ3n) is 1.77. The summed E-state index contributed by atoms with van der Waals surface area (Å²) in [5, 5.41) is 0. The fourth-order valence-corrected chi connectivity index (χ4v) is 0.952. The average Bonchev–Trinajstić information content (AvgIpc) is 2.27. The van der Waals surface area contributed by atoms with Crippen LogP contribution in [0.2, 0.25) is 0 Å². The third kappa shape index (κ3) is 2.90. The molecule has 0 fully saturated rings. The lowest BCUT2D eigenvalue weighted by Crippen LogP contribution is -2.25. The molecule has 0 atom stereocenters. The fourth-order valence-electron chi connectivity index (χ4n) is 0.952. The second-order valence-corrected chi connectivity index (χ2v) is 3.03. The normalized spacial score (nSPS) is 11.5. The van der Waals surface area contributed by atoms with Gasteiger partial charge >= 0.3 is 12.1 Å². The summed E-state index contributed by atoms with van der Waals surface area (Å²) < 4.78 is 89.4. The molecule has 0 amide bonds. The van der Waals surface area contributed by atoms with Gasteiger partial charge in [0.2, 0.25) is 0 Å². The quantitative estimate of drug-likeness (QED) is 0.359. The zero-order chi connectivity index (χ0) is 14.1. The molecular formula is C9H3F7O2. The maximum absolute atomic E-state index is 12.9. The first-order valence-corrected chi connectivity index (χ1v) is 4.20. The Kier molecular flexibility index (Phi) is 3.82. The van der Waals surface area contributed by atoms with E-state index in [1.165, 1.54) is 0 Å². The Morgan fingerprint density at radius 3 is 2.11 bits per heavy atom. The maximum Gasteiger partial charge on any atom is 0.490 e. The van der Waals surface area contributed by atoms with Gasteiger partial charge in [-0.3, -0.25) is 0 Å². The van der Waals surface area contributed by atoms with Crippen molar-refractivity contribution in [2.24, 2.45) is 0 Å². The van der Waals surface area contributed by atoms with Gasteiger partial charge in [0.1, 0.15) is 6.61 Å². The minimum atomic E-state index is -5.33. The van der Waals surface area contributed by atoms with E-state index in [1.54, 1.807) is 0 Å². The largest absolute Gasteiger partial charge is 0.490 e. The summed E-state index contributed by atoms with van der Waals surface area (Å²) >= 11 is 0. The predicted octanol–water partition coefficient (Wildman–Crippen LogP) is 2.85. The summed E-state index contributed by atoms with van der Waals surface area (Å²) in [7, 11) is 0. The minimum absolute atomic E-state index is 0.0946. The summed E-state index contributed by atoms with van der Waals surface area (Å²) in [4.78, 5) is 10.3. The molecule has 0 saturated heterocycles. The van der Waals surface area contributed by atoms with Crippen LogP contribution in [0.3, 0.4) is 0 Å². The van der Waals surface area contributed by atoms with Gasteiger partial charge < -0.3 is 4.74 Å². The van der Waals surface area contributed by atoms with E-state index < -0.39 is 47.6 Å². The van der Waals surface area contributed by atoms with Crippen LogP contribution in [-0.2, 0) is 16.1 Å². The van der Waals surface area contributed by atoms with Crippen molar-refractivity contribution in [3.8, 4) is 0 Å². The Hall–Kier alpha value is -1.80. The molecule has 0 saturated carbocycles. The lowest BCUT2D eigenvalue weighted by molar-refractivity contribution is -0.201.